The average Bonchev–Trinajstić information content (AvgIpc) is 2.66. The van der Waals surface area contributed by atoms with Gasteiger partial charge in [-0.05, 0) is 43.2 Å². The van der Waals surface area contributed by atoms with Gasteiger partial charge in [0.2, 0.25) is 0 Å². The van der Waals surface area contributed by atoms with Crippen LogP contribution in [0.25, 0.3) is 0 Å². The molecule has 0 bridgehead atoms. The minimum atomic E-state index is -0.655. The van der Waals surface area contributed by atoms with Crippen LogP contribution >= 0.6 is 0 Å². The number of rotatable bonds is 8. The van der Waals surface area contributed by atoms with Crippen LogP contribution < -0.4 is 10.2 Å². The van der Waals surface area contributed by atoms with Crippen LogP contribution in [0.15, 0.2) is 54.6 Å². The molecule has 2 aromatic carbocycles. The fourth-order valence-electron chi connectivity index (χ4n) is 2.49. The summed E-state index contributed by atoms with van der Waals surface area (Å²) in [5, 5.41) is 2.62. The van der Waals surface area contributed by atoms with Crippen molar-refractivity contribution in [2.24, 2.45) is 0 Å². The predicted octanol–water partition coefficient (Wildman–Crippen LogP) is 2.23. The van der Waals surface area contributed by atoms with E-state index in [1.807, 2.05) is 49.3 Å². The number of amides is 1. The molecule has 1 N–H and O–H groups in total. The summed E-state index contributed by atoms with van der Waals surface area (Å²) in [4.78, 5) is 37.9. The Morgan fingerprint density at radius 3 is 2.19 bits per heavy atom. The standard InChI is InChI=1S/C21H24N2O4/c1-15(24)19(13-16-7-5-4-6-8-16)22-20(25)14-27-21(26)17-9-11-18(12-10-17)23(2)3/h4-12,19H,13-14H2,1-3H3,(H,22,25)/t19-/m0/s1. The normalized spacial score (nSPS) is 11.4. The molecule has 0 aliphatic carbocycles. The van der Waals surface area contributed by atoms with Gasteiger partial charge in [-0.2, -0.15) is 0 Å². The molecule has 2 rings (SSSR count). The number of hydrogen-bond donors (Lipinski definition) is 1. The summed E-state index contributed by atoms with van der Waals surface area (Å²) in [5.41, 5.74) is 2.26. The summed E-state index contributed by atoms with van der Waals surface area (Å²) in [7, 11) is 3.80. The first kappa shape index (κ1) is 20.2. The number of ketones is 1. The number of anilines is 1. The third-order valence-electron chi connectivity index (χ3n) is 4.06. The van der Waals surface area contributed by atoms with Crippen LogP contribution in [0.5, 0.6) is 0 Å². The third-order valence-corrected chi connectivity index (χ3v) is 4.06. The number of carbonyl (C=O) groups excluding carboxylic acids is 3. The molecule has 0 heterocycles. The highest BCUT2D eigenvalue weighted by molar-refractivity contribution is 5.93. The van der Waals surface area contributed by atoms with E-state index in [0.717, 1.165) is 11.3 Å². The fourth-order valence-corrected chi connectivity index (χ4v) is 2.49. The van der Waals surface area contributed by atoms with Crippen LogP contribution in [-0.2, 0) is 20.7 Å². The summed E-state index contributed by atoms with van der Waals surface area (Å²) in [6, 6.07) is 15.6. The summed E-state index contributed by atoms with van der Waals surface area (Å²) in [6.45, 7) is 0.985. The van der Waals surface area contributed by atoms with Crippen molar-refractivity contribution in [1.82, 2.24) is 5.32 Å². The summed E-state index contributed by atoms with van der Waals surface area (Å²) < 4.78 is 5.05. The fraction of sp³-hybridized carbons (Fsp3) is 0.286. The lowest BCUT2D eigenvalue weighted by atomic mass is 10.0. The van der Waals surface area contributed by atoms with Gasteiger partial charge in [0.15, 0.2) is 12.4 Å². The highest BCUT2D eigenvalue weighted by atomic mass is 16.5. The number of benzene rings is 2. The first-order valence-electron chi connectivity index (χ1n) is 8.65. The quantitative estimate of drug-likeness (QED) is 0.723. The van der Waals surface area contributed by atoms with E-state index in [1.54, 1.807) is 24.3 Å². The van der Waals surface area contributed by atoms with Gasteiger partial charge in [-0.25, -0.2) is 4.79 Å². The topological polar surface area (TPSA) is 75.7 Å². The van der Waals surface area contributed by atoms with Crippen molar-refractivity contribution in [3.05, 3.63) is 65.7 Å². The van der Waals surface area contributed by atoms with Gasteiger partial charge in [0, 0.05) is 19.8 Å². The lowest BCUT2D eigenvalue weighted by molar-refractivity contribution is -0.128. The first-order valence-corrected chi connectivity index (χ1v) is 8.65. The molecule has 1 amide bonds. The SMILES string of the molecule is CC(=O)[C@H](Cc1ccccc1)NC(=O)COC(=O)c1ccc(N(C)C)cc1. The molecule has 0 fully saturated rings. The summed E-state index contributed by atoms with van der Waals surface area (Å²) >= 11 is 0. The second kappa shape index (κ2) is 9.52. The molecule has 142 valence electrons. The zero-order valence-corrected chi connectivity index (χ0v) is 15.8. The largest absolute Gasteiger partial charge is 0.452 e. The second-order valence-electron chi connectivity index (χ2n) is 6.44. The lowest BCUT2D eigenvalue weighted by Crippen LogP contribution is -2.43. The maximum atomic E-state index is 12.1. The first-order chi connectivity index (χ1) is 12.9. The van der Waals surface area contributed by atoms with E-state index >= 15 is 0 Å². The molecule has 2 aromatic rings. The Morgan fingerprint density at radius 1 is 1.00 bits per heavy atom. The van der Waals surface area contributed by atoms with Crippen molar-refractivity contribution in [2.75, 3.05) is 25.6 Å². The number of hydrogen-bond acceptors (Lipinski definition) is 5. The molecular formula is C21H24N2O4. The molecule has 0 saturated heterocycles. The number of ether oxygens (including phenoxy) is 1. The Balaban J connectivity index is 1.87. The van der Waals surface area contributed by atoms with Gasteiger partial charge < -0.3 is 15.0 Å². The van der Waals surface area contributed by atoms with Crippen molar-refractivity contribution in [3.63, 3.8) is 0 Å². The smallest absolute Gasteiger partial charge is 0.338 e. The van der Waals surface area contributed by atoms with Gasteiger partial charge in [-0.1, -0.05) is 30.3 Å². The van der Waals surface area contributed by atoms with Crippen LogP contribution in [0.4, 0.5) is 5.69 Å². The molecule has 6 heteroatoms. The zero-order valence-electron chi connectivity index (χ0n) is 15.8. The number of nitrogens with one attached hydrogen (secondary N) is 1. The van der Waals surface area contributed by atoms with E-state index in [2.05, 4.69) is 5.32 Å². The molecule has 1 atom stereocenters. The maximum Gasteiger partial charge on any atom is 0.338 e. The van der Waals surface area contributed by atoms with Crippen molar-refractivity contribution in [1.29, 1.82) is 0 Å². The molecule has 0 saturated carbocycles. The molecule has 0 spiro atoms. The number of nitrogens with zero attached hydrogens (tertiary/aromatic N) is 1. The van der Waals surface area contributed by atoms with Gasteiger partial charge in [0.25, 0.3) is 5.91 Å². The Morgan fingerprint density at radius 2 is 1.63 bits per heavy atom. The summed E-state index contributed by atoms with van der Waals surface area (Å²) in [5.74, 6) is -1.25. The van der Waals surface area contributed by atoms with Crippen LogP contribution in [-0.4, -0.2) is 44.4 Å². The van der Waals surface area contributed by atoms with E-state index in [-0.39, 0.29) is 5.78 Å². The highest BCUT2D eigenvalue weighted by Gasteiger charge is 2.19. The maximum absolute atomic E-state index is 12.1. The molecule has 0 radical (unpaired) electrons. The van der Waals surface area contributed by atoms with Crippen LogP contribution in [0.2, 0.25) is 0 Å². The van der Waals surface area contributed by atoms with E-state index in [1.165, 1.54) is 6.92 Å². The second-order valence-corrected chi connectivity index (χ2v) is 6.44. The molecule has 0 aliphatic rings. The Kier molecular flexibility index (Phi) is 7.11. The van der Waals surface area contributed by atoms with Crippen molar-refractivity contribution >= 4 is 23.3 Å². The van der Waals surface area contributed by atoms with Crippen molar-refractivity contribution in [3.8, 4) is 0 Å². The van der Waals surface area contributed by atoms with Crippen LogP contribution in [0.1, 0.15) is 22.8 Å². The summed E-state index contributed by atoms with van der Waals surface area (Å²) in [6.07, 6.45) is 0.391. The number of Topliss-reactive ketones (excluding diaryl/α,β-unsaturated/α-hetero) is 1. The predicted molar refractivity (Wildman–Crippen MR) is 104 cm³/mol. The third kappa shape index (κ3) is 6.26. The molecule has 27 heavy (non-hydrogen) atoms. The Bertz CT molecular complexity index is 786. The molecule has 0 aliphatic heterocycles. The highest BCUT2D eigenvalue weighted by Crippen LogP contribution is 2.13. The van der Waals surface area contributed by atoms with Gasteiger partial charge in [-0.15, -0.1) is 0 Å². The molecule has 6 nitrogen and oxygen atoms in total. The van der Waals surface area contributed by atoms with Crippen molar-refractivity contribution < 1.29 is 19.1 Å². The monoisotopic (exact) mass is 368 g/mol. The Labute approximate surface area is 159 Å². The minimum Gasteiger partial charge on any atom is -0.452 e. The van der Waals surface area contributed by atoms with Crippen molar-refractivity contribution in [2.45, 2.75) is 19.4 Å². The zero-order chi connectivity index (χ0) is 19.8. The van der Waals surface area contributed by atoms with Gasteiger partial charge in [-0.3, -0.25) is 9.59 Å². The van der Waals surface area contributed by atoms with E-state index in [4.69, 9.17) is 4.74 Å². The minimum absolute atomic E-state index is 0.155. The van der Waals surface area contributed by atoms with Crippen LogP contribution in [0.3, 0.4) is 0 Å². The van der Waals surface area contributed by atoms with E-state index in [9.17, 15) is 14.4 Å². The Hall–Kier alpha value is -3.15. The lowest BCUT2D eigenvalue weighted by Gasteiger charge is -2.16. The number of carbonyl (C=O) groups is 3. The molecule has 0 unspecified atom stereocenters. The molecular weight excluding hydrogens is 344 g/mol. The van der Waals surface area contributed by atoms with Gasteiger partial charge in [0.05, 0.1) is 11.6 Å². The van der Waals surface area contributed by atoms with E-state index < -0.39 is 24.5 Å². The molecule has 0 aromatic heterocycles. The van der Waals surface area contributed by atoms with Gasteiger partial charge >= 0.3 is 5.97 Å². The average molecular weight is 368 g/mol. The number of esters is 1. The van der Waals surface area contributed by atoms with Crippen LogP contribution in [0, 0.1) is 0 Å². The van der Waals surface area contributed by atoms with Gasteiger partial charge in [0.1, 0.15) is 0 Å². The van der Waals surface area contributed by atoms with E-state index in [0.29, 0.717) is 12.0 Å².